The van der Waals surface area contributed by atoms with Crippen molar-refractivity contribution in [3.63, 3.8) is 0 Å². The van der Waals surface area contributed by atoms with E-state index in [1.807, 2.05) is 32.0 Å². The number of nitrogens with one attached hydrogen (secondary N) is 1. The summed E-state index contributed by atoms with van der Waals surface area (Å²) in [6, 6.07) is 8.10. The van der Waals surface area contributed by atoms with E-state index in [2.05, 4.69) is 21.4 Å². The summed E-state index contributed by atoms with van der Waals surface area (Å²) in [6.07, 6.45) is 4.51. The lowest BCUT2D eigenvalue weighted by Crippen LogP contribution is -2.08. The van der Waals surface area contributed by atoms with Crippen molar-refractivity contribution in [3.05, 3.63) is 53.0 Å². The van der Waals surface area contributed by atoms with E-state index in [0.717, 1.165) is 30.0 Å². The van der Waals surface area contributed by atoms with Gasteiger partial charge in [0.05, 0.1) is 11.3 Å². The first-order valence-electron chi connectivity index (χ1n) is 6.22. The molecule has 0 saturated carbocycles. The van der Waals surface area contributed by atoms with Crippen LogP contribution >= 0.6 is 0 Å². The van der Waals surface area contributed by atoms with Gasteiger partial charge in [0.25, 0.3) is 0 Å². The summed E-state index contributed by atoms with van der Waals surface area (Å²) in [4.78, 5) is 8.38. The number of anilines is 1. The summed E-state index contributed by atoms with van der Waals surface area (Å²) in [5, 5.41) is 12.3. The average Bonchev–Trinajstić information content (AvgIpc) is 2.40. The van der Waals surface area contributed by atoms with Crippen molar-refractivity contribution < 1.29 is 0 Å². The zero-order chi connectivity index (χ0) is 13.7. The first-order chi connectivity index (χ1) is 9.20. The minimum Gasteiger partial charge on any atom is -0.370 e. The van der Waals surface area contributed by atoms with Crippen molar-refractivity contribution in [3.8, 4) is 6.07 Å². The molecular weight excluding hydrogens is 236 g/mol. The van der Waals surface area contributed by atoms with Crippen LogP contribution in [0.1, 0.15) is 22.4 Å². The molecule has 0 aliphatic carbocycles. The molecule has 2 rings (SSSR count). The Labute approximate surface area is 113 Å². The van der Waals surface area contributed by atoms with Gasteiger partial charge in [0.1, 0.15) is 11.9 Å². The summed E-state index contributed by atoms with van der Waals surface area (Å²) >= 11 is 0. The molecule has 96 valence electrons. The monoisotopic (exact) mass is 252 g/mol. The topological polar surface area (TPSA) is 61.6 Å². The lowest BCUT2D eigenvalue weighted by Gasteiger charge is -2.09. The molecule has 2 aromatic heterocycles. The Morgan fingerprint density at radius 1 is 1.26 bits per heavy atom. The van der Waals surface area contributed by atoms with Crippen LogP contribution in [0.3, 0.4) is 0 Å². The normalized spacial score (nSPS) is 9.95. The lowest BCUT2D eigenvalue weighted by molar-refractivity contribution is 0.992. The maximum atomic E-state index is 9.00. The van der Waals surface area contributed by atoms with E-state index in [1.54, 1.807) is 12.4 Å². The molecule has 0 spiro atoms. The maximum absolute atomic E-state index is 9.00. The molecule has 0 radical (unpaired) electrons. The Morgan fingerprint density at radius 3 is 2.63 bits per heavy atom. The fraction of sp³-hybridized carbons (Fsp3) is 0.267. The standard InChI is InChI=1S/C15H16N4/c1-11-9-15(19-12(2)14(11)10-16)18-8-5-13-3-6-17-7-4-13/h3-4,6-7,9H,5,8H2,1-2H3,(H,18,19). The van der Waals surface area contributed by atoms with E-state index in [-0.39, 0.29) is 0 Å². The Hall–Kier alpha value is -2.41. The fourth-order valence-corrected chi connectivity index (χ4v) is 1.98. The zero-order valence-corrected chi connectivity index (χ0v) is 11.1. The van der Waals surface area contributed by atoms with Crippen LogP contribution in [0.5, 0.6) is 0 Å². The van der Waals surface area contributed by atoms with Crippen LogP contribution < -0.4 is 5.32 Å². The van der Waals surface area contributed by atoms with Crippen molar-refractivity contribution in [2.45, 2.75) is 20.3 Å². The number of aryl methyl sites for hydroxylation is 2. The molecule has 2 aromatic rings. The SMILES string of the molecule is Cc1cc(NCCc2ccncc2)nc(C)c1C#N. The molecule has 1 N–H and O–H groups in total. The van der Waals surface area contributed by atoms with E-state index in [9.17, 15) is 0 Å². The molecule has 19 heavy (non-hydrogen) atoms. The van der Waals surface area contributed by atoms with Gasteiger partial charge >= 0.3 is 0 Å². The smallest absolute Gasteiger partial charge is 0.126 e. The van der Waals surface area contributed by atoms with Gasteiger partial charge in [-0.1, -0.05) is 0 Å². The van der Waals surface area contributed by atoms with Crippen molar-refractivity contribution >= 4 is 5.82 Å². The minimum atomic E-state index is 0.666. The molecule has 0 aromatic carbocycles. The maximum Gasteiger partial charge on any atom is 0.126 e. The van der Waals surface area contributed by atoms with Crippen molar-refractivity contribution in [2.75, 3.05) is 11.9 Å². The average molecular weight is 252 g/mol. The zero-order valence-electron chi connectivity index (χ0n) is 11.1. The quantitative estimate of drug-likeness (QED) is 0.908. The predicted octanol–water partition coefficient (Wildman–Crippen LogP) is 2.62. The summed E-state index contributed by atoms with van der Waals surface area (Å²) in [5.74, 6) is 0.822. The molecular formula is C15H16N4. The number of nitrogens with zero attached hydrogens (tertiary/aromatic N) is 3. The van der Waals surface area contributed by atoms with E-state index in [4.69, 9.17) is 5.26 Å². The van der Waals surface area contributed by atoms with Gasteiger partial charge in [0.2, 0.25) is 0 Å². The second kappa shape index (κ2) is 5.96. The third kappa shape index (κ3) is 3.29. The predicted molar refractivity (Wildman–Crippen MR) is 74.9 cm³/mol. The second-order valence-corrected chi connectivity index (χ2v) is 4.43. The molecule has 0 atom stereocenters. The van der Waals surface area contributed by atoms with Crippen molar-refractivity contribution in [1.82, 2.24) is 9.97 Å². The highest BCUT2D eigenvalue weighted by molar-refractivity contribution is 5.48. The van der Waals surface area contributed by atoms with Crippen LogP contribution in [-0.2, 0) is 6.42 Å². The molecule has 2 heterocycles. The summed E-state index contributed by atoms with van der Waals surface area (Å²) in [7, 11) is 0. The summed E-state index contributed by atoms with van der Waals surface area (Å²) in [6.45, 7) is 4.60. The largest absolute Gasteiger partial charge is 0.370 e. The van der Waals surface area contributed by atoms with Crippen LogP contribution in [0.4, 0.5) is 5.82 Å². The first kappa shape index (κ1) is 13.0. The summed E-state index contributed by atoms with van der Waals surface area (Å²) < 4.78 is 0. The van der Waals surface area contributed by atoms with Gasteiger partial charge in [-0.3, -0.25) is 4.98 Å². The highest BCUT2D eigenvalue weighted by atomic mass is 15.0. The molecule has 0 bridgehead atoms. The highest BCUT2D eigenvalue weighted by Crippen LogP contribution is 2.15. The summed E-state index contributed by atoms with van der Waals surface area (Å²) in [5.41, 5.74) is 3.64. The van der Waals surface area contributed by atoms with E-state index < -0.39 is 0 Å². The number of nitriles is 1. The molecule has 0 aliphatic heterocycles. The van der Waals surface area contributed by atoms with E-state index >= 15 is 0 Å². The molecule has 0 unspecified atom stereocenters. The van der Waals surface area contributed by atoms with Crippen LogP contribution in [0.15, 0.2) is 30.6 Å². The van der Waals surface area contributed by atoms with Gasteiger partial charge in [-0.05, 0) is 49.6 Å². The number of hydrogen-bond donors (Lipinski definition) is 1. The van der Waals surface area contributed by atoms with Gasteiger partial charge in [-0.2, -0.15) is 5.26 Å². The number of pyridine rings is 2. The van der Waals surface area contributed by atoms with Gasteiger partial charge in [-0.15, -0.1) is 0 Å². The third-order valence-electron chi connectivity index (χ3n) is 2.98. The van der Waals surface area contributed by atoms with Gasteiger partial charge in [0.15, 0.2) is 0 Å². The lowest BCUT2D eigenvalue weighted by atomic mass is 10.1. The van der Waals surface area contributed by atoms with Gasteiger partial charge in [-0.25, -0.2) is 4.98 Å². The van der Waals surface area contributed by atoms with Crippen molar-refractivity contribution in [1.29, 1.82) is 5.26 Å². The van der Waals surface area contributed by atoms with Crippen LogP contribution in [-0.4, -0.2) is 16.5 Å². The molecule has 4 heteroatoms. The van der Waals surface area contributed by atoms with Crippen molar-refractivity contribution in [2.24, 2.45) is 0 Å². The van der Waals surface area contributed by atoms with E-state index in [1.165, 1.54) is 5.56 Å². The van der Waals surface area contributed by atoms with Gasteiger partial charge in [0, 0.05) is 18.9 Å². The first-order valence-corrected chi connectivity index (χ1v) is 6.22. The molecule has 0 saturated heterocycles. The van der Waals surface area contributed by atoms with Crippen LogP contribution in [0.25, 0.3) is 0 Å². The molecule has 0 fully saturated rings. The molecule has 0 aliphatic rings. The molecule has 4 nitrogen and oxygen atoms in total. The second-order valence-electron chi connectivity index (χ2n) is 4.43. The fourth-order valence-electron chi connectivity index (χ4n) is 1.98. The third-order valence-corrected chi connectivity index (χ3v) is 2.98. The minimum absolute atomic E-state index is 0.666. The van der Waals surface area contributed by atoms with Crippen LogP contribution in [0.2, 0.25) is 0 Å². The van der Waals surface area contributed by atoms with E-state index in [0.29, 0.717) is 5.56 Å². The number of hydrogen-bond acceptors (Lipinski definition) is 4. The Balaban J connectivity index is 1.99. The molecule has 0 amide bonds. The number of rotatable bonds is 4. The Bertz CT molecular complexity index is 576. The highest BCUT2D eigenvalue weighted by Gasteiger charge is 2.05. The Kier molecular flexibility index (Phi) is 4.09. The van der Waals surface area contributed by atoms with Gasteiger partial charge < -0.3 is 5.32 Å². The number of aromatic nitrogens is 2. The van der Waals surface area contributed by atoms with Crippen LogP contribution in [0, 0.1) is 25.2 Å². The Morgan fingerprint density at radius 2 is 2.00 bits per heavy atom.